The molecule has 3 aromatic rings. The fraction of sp³-hybridized carbons (Fsp3) is 0.500. The van der Waals surface area contributed by atoms with Gasteiger partial charge in [-0.05, 0) is 146 Å². The third-order valence-corrected chi connectivity index (χ3v) is 15.5. The van der Waals surface area contributed by atoms with E-state index in [0.29, 0.717) is 24.6 Å². The van der Waals surface area contributed by atoms with Gasteiger partial charge < -0.3 is 31.0 Å². The van der Waals surface area contributed by atoms with E-state index in [1.54, 1.807) is 12.1 Å². The van der Waals surface area contributed by atoms with Crippen molar-refractivity contribution < 1.29 is 30.0 Å². The number of aldehydes is 1. The Kier molecular flexibility index (Phi) is 12.6. The van der Waals surface area contributed by atoms with Gasteiger partial charge in [0.15, 0.2) is 0 Å². The SMILES string of the molecule is NCCC1=CC(C(C=O)CCCCCC2CC=CC(CO)C(C(=O)O)C34CC5C(O)=c6ccccc6=CC5CC3CCc3ccc(cc34)CC2c2ccc(O)cc2)CC1. The summed E-state index contributed by atoms with van der Waals surface area (Å²) in [5, 5.41) is 46.7. The van der Waals surface area contributed by atoms with E-state index >= 15 is 0 Å². The van der Waals surface area contributed by atoms with Crippen LogP contribution in [-0.4, -0.2) is 45.8 Å². The van der Waals surface area contributed by atoms with Gasteiger partial charge in [-0.2, -0.15) is 0 Å². The Balaban J connectivity index is 1.13. The lowest BCUT2D eigenvalue weighted by Crippen LogP contribution is -2.57. The van der Waals surface area contributed by atoms with Crippen LogP contribution in [0.2, 0.25) is 0 Å². The van der Waals surface area contributed by atoms with Crippen molar-refractivity contribution >= 4 is 24.1 Å². The second-order valence-electron chi connectivity index (χ2n) is 18.6. The van der Waals surface area contributed by atoms with Crippen LogP contribution in [0.4, 0.5) is 0 Å². The summed E-state index contributed by atoms with van der Waals surface area (Å²) < 4.78 is 0. The lowest BCUT2D eigenvalue weighted by Gasteiger charge is -2.57. The minimum Gasteiger partial charge on any atom is -0.511 e. The predicted octanol–water partition coefficient (Wildman–Crippen LogP) is 8.04. The Morgan fingerprint density at radius 1 is 0.949 bits per heavy atom. The summed E-state index contributed by atoms with van der Waals surface area (Å²) in [5.74, 6) is -1.05. The van der Waals surface area contributed by atoms with E-state index in [1.807, 2.05) is 24.3 Å². The van der Waals surface area contributed by atoms with Crippen molar-refractivity contribution in [3.8, 4) is 5.75 Å². The Hall–Kier alpha value is -4.46. The number of aliphatic hydroxyl groups is 2. The molecule has 1 saturated carbocycles. The number of fused-ring (bicyclic) bond motifs is 3. The summed E-state index contributed by atoms with van der Waals surface area (Å²) in [4.78, 5) is 26.1. The summed E-state index contributed by atoms with van der Waals surface area (Å²) in [6.07, 6.45) is 22.4. The second kappa shape index (κ2) is 18.0. The number of aliphatic carboxylic acids is 1. The number of carbonyl (C=O) groups is 2. The largest absolute Gasteiger partial charge is 0.511 e. The van der Waals surface area contributed by atoms with E-state index in [9.17, 15) is 30.0 Å². The third-order valence-electron chi connectivity index (χ3n) is 15.5. The minimum absolute atomic E-state index is 0.0488. The molecule has 8 rings (SSSR count). The second-order valence-corrected chi connectivity index (χ2v) is 18.6. The van der Waals surface area contributed by atoms with Crippen molar-refractivity contribution in [1.82, 2.24) is 0 Å². The number of rotatable bonds is 13. The Bertz CT molecular complexity index is 2170. The first-order valence-electron chi connectivity index (χ1n) is 22.5. The van der Waals surface area contributed by atoms with Crippen molar-refractivity contribution in [2.75, 3.05) is 13.2 Å². The van der Waals surface area contributed by atoms with Gasteiger partial charge in [0, 0.05) is 28.4 Å². The molecule has 2 bridgehead atoms. The number of hydrogen-bond acceptors (Lipinski definition) is 6. The van der Waals surface area contributed by atoms with Gasteiger partial charge in [0.05, 0.1) is 12.5 Å². The number of carboxylic acid groups (broad SMARTS) is 1. The number of nitrogens with two attached hydrogens (primary N) is 1. The standard InChI is InChI=1S/C52H63NO6/c53-24-23-33-13-16-38(25-33)40(31-54)9-3-1-2-7-35-10-6-11-41(32-55)49(51(58)59)52-30-47-42(28-39-8-4-5-12-45(39)50(47)57)29-43(52)20-17-37-15-14-34(27-48(37)52)26-46(35)36-18-21-44(56)22-19-36/h4-6,8,11-12,14-15,18-19,21-22,25,27-28,31,35,38,40-43,46-47,49,55-57H,1-3,7,9-10,13,16-17,20,23-24,26,29-30,32,53H2,(H,58,59). The maximum Gasteiger partial charge on any atom is 0.308 e. The summed E-state index contributed by atoms with van der Waals surface area (Å²) >= 11 is 0. The zero-order valence-corrected chi connectivity index (χ0v) is 34.4. The van der Waals surface area contributed by atoms with Crippen LogP contribution in [0.3, 0.4) is 0 Å². The average Bonchev–Trinajstić information content (AvgIpc) is 3.71. The lowest BCUT2D eigenvalue weighted by atomic mass is 9.46. The Labute approximate surface area is 349 Å². The number of allylic oxidation sites excluding steroid dienone is 2. The van der Waals surface area contributed by atoms with Crippen LogP contribution in [0.15, 0.2) is 90.5 Å². The summed E-state index contributed by atoms with van der Waals surface area (Å²) in [6, 6.07) is 22.4. The molecule has 0 saturated heterocycles. The highest BCUT2D eigenvalue weighted by atomic mass is 16.4. The molecule has 0 aromatic heterocycles. The van der Waals surface area contributed by atoms with E-state index in [0.717, 1.165) is 106 Å². The molecule has 5 aliphatic carbocycles. The van der Waals surface area contributed by atoms with Crippen LogP contribution in [0.1, 0.15) is 105 Å². The molecule has 0 aliphatic heterocycles. The number of phenolic OH excluding ortho intramolecular Hbond substituents is 1. The molecule has 6 N–H and O–H groups in total. The zero-order chi connectivity index (χ0) is 41.1. The van der Waals surface area contributed by atoms with E-state index in [-0.39, 0.29) is 47.9 Å². The number of benzene rings is 3. The van der Waals surface area contributed by atoms with Crippen molar-refractivity contribution in [2.45, 2.75) is 101 Å². The van der Waals surface area contributed by atoms with Gasteiger partial charge in [0.2, 0.25) is 0 Å². The van der Waals surface area contributed by atoms with Crippen LogP contribution in [0.5, 0.6) is 5.75 Å². The molecular weight excluding hydrogens is 735 g/mol. The number of aromatic hydroxyl groups is 1. The lowest BCUT2D eigenvalue weighted by molar-refractivity contribution is -0.150. The number of aliphatic hydroxyl groups excluding tert-OH is 2. The topological polar surface area (TPSA) is 141 Å². The molecule has 1 spiro atoms. The van der Waals surface area contributed by atoms with E-state index in [4.69, 9.17) is 5.73 Å². The molecule has 7 nitrogen and oxygen atoms in total. The first-order valence-corrected chi connectivity index (χ1v) is 22.5. The van der Waals surface area contributed by atoms with Gasteiger partial charge in [-0.1, -0.05) is 104 Å². The van der Waals surface area contributed by atoms with Crippen molar-refractivity contribution in [3.63, 3.8) is 0 Å². The van der Waals surface area contributed by atoms with E-state index < -0.39 is 23.2 Å². The molecular formula is C52H63NO6. The first-order chi connectivity index (χ1) is 28.7. The number of unbranched alkanes of at least 4 members (excludes halogenated alkanes) is 2. The number of hydrogen-bond donors (Lipinski definition) is 5. The third kappa shape index (κ3) is 8.22. The molecule has 0 radical (unpaired) electrons. The summed E-state index contributed by atoms with van der Waals surface area (Å²) in [7, 11) is 0. The van der Waals surface area contributed by atoms with Gasteiger partial charge in [-0.15, -0.1) is 0 Å². The van der Waals surface area contributed by atoms with Crippen molar-refractivity contribution in [3.05, 3.63) is 123 Å². The van der Waals surface area contributed by atoms with Gasteiger partial charge in [-0.25, -0.2) is 0 Å². The molecule has 10 atom stereocenters. The minimum atomic E-state index is -0.886. The molecule has 59 heavy (non-hydrogen) atoms. The summed E-state index contributed by atoms with van der Waals surface area (Å²) in [5.41, 5.74) is 11.0. The number of carboxylic acids is 1. The van der Waals surface area contributed by atoms with Gasteiger partial charge in [-0.3, -0.25) is 4.79 Å². The Morgan fingerprint density at radius 3 is 2.56 bits per heavy atom. The molecule has 0 amide bonds. The van der Waals surface area contributed by atoms with Crippen LogP contribution >= 0.6 is 0 Å². The number of aryl methyl sites for hydroxylation is 1. The molecule has 0 heterocycles. The fourth-order valence-corrected chi connectivity index (χ4v) is 12.6. The van der Waals surface area contributed by atoms with Gasteiger partial charge in [0.1, 0.15) is 17.8 Å². The van der Waals surface area contributed by atoms with E-state index in [2.05, 4.69) is 54.6 Å². The smallest absolute Gasteiger partial charge is 0.308 e. The maximum atomic E-state index is 13.9. The first kappa shape index (κ1) is 41.3. The highest BCUT2D eigenvalue weighted by Crippen LogP contribution is 2.60. The quantitative estimate of drug-likeness (QED) is 0.0670. The molecule has 7 heteroatoms. The van der Waals surface area contributed by atoms with Crippen molar-refractivity contribution in [2.24, 2.45) is 53.1 Å². The highest BCUT2D eigenvalue weighted by Gasteiger charge is 2.59. The highest BCUT2D eigenvalue weighted by molar-refractivity contribution is 5.74. The van der Waals surface area contributed by atoms with Crippen LogP contribution in [0, 0.1) is 47.3 Å². The van der Waals surface area contributed by atoms with Gasteiger partial charge >= 0.3 is 5.97 Å². The van der Waals surface area contributed by atoms with Crippen molar-refractivity contribution in [1.29, 1.82) is 0 Å². The average molecular weight is 798 g/mol. The number of carbonyl (C=O) groups excluding carboxylic acids is 1. The molecule has 3 aromatic carbocycles. The van der Waals surface area contributed by atoms with Crippen LogP contribution in [0.25, 0.3) is 11.8 Å². The molecule has 10 unspecified atom stereocenters. The molecule has 312 valence electrons. The number of phenols is 1. The zero-order valence-electron chi connectivity index (χ0n) is 34.4. The van der Waals surface area contributed by atoms with E-state index in [1.165, 1.54) is 22.3 Å². The maximum absolute atomic E-state index is 13.9. The summed E-state index contributed by atoms with van der Waals surface area (Å²) in [6.45, 7) is 0.379. The van der Waals surface area contributed by atoms with Crippen LogP contribution in [-0.2, 0) is 27.8 Å². The monoisotopic (exact) mass is 797 g/mol. The van der Waals surface area contributed by atoms with Crippen LogP contribution < -0.4 is 16.2 Å². The normalized spacial score (nSPS) is 30.3. The molecule has 1 fully saturated rings. The predicted molar refractivity (Wildman–Crippen MR) is 233 cm³/mol. The molecule has 5 aliphatic rings. The van der Waals surface area contributed by atoms with Gasteiger partial charge in [0.25, 0.3) is 0 Å². The fourth-order valence-electron chi connectivity index (χ4n) is 12.6. The Morgan fingerprint density at radius 2 is 1.78 bits per heavy atom.